The van der Waals surface area contributed by atoms with Gasteiger partial charge in [-0.05, 0) is 50.8 Å². The largest absolute Gasteiger partial charge is 0.496 e. The molecule has 1 aromatic heterocycles. The maximum Gasteiger partial charge on any atom is 0.271 e. The summed E-state index contributed by atoms with van der Waals surface area (Å²) in [5.41, 5.74) is 3.41. The minimum atomic E-state index is -4.24. The van der Waals surface area contributed by atoms with Crippen molar-refractivity contribution in [3.8, 4) is 16.9 Å². The zero-order chi connectivity index (χ0) is 25.8. The van der Waals surface area contributed by atoms with Crippen molar-refractivity contribution in [3.05, 3.63) is 59.3 Å². The number of ether oxygens (including phenoxy) is 3. The Balaban J connectivity index is 2.22. The Morgan fingerprint density at radius 3 is 2.34 bits per heavy atom. The van der Waals surface area contributed by atoms with E-state index in [0.717, 1.165) is 16.3 Å². The van der Waals surface area contributed by atoms with E-state index in [2.05, 4.69) is 19.0 Å². The van der Waals surface area contributed by atoms with Gasteiger partial charge in [0.05, 0.1) is 17.7 Å². The first kappa shape index (κ1) is 26.7. The summed E-state index contributed by atoms with van der Waals surface area (Å²) < 4.78 is 51.6. The van der Waals surface area contributed by atoms with E-state index >= 15 is 0 Å². The molecule has 0 spiro atoms. The number of aryl methyl sites for hydroxylation is 1. The van der Waals surface area contributed by atoms with Gasteiger partial charge >= 0.3 is 0 Å². The van der Waals surface area contributed by atoms with Crippen LogP contribution in [-0.2, 0) is 25.9 Å². The molecule has 0 fully saturated rings. The summed E-state index contributed by atoms with van der Waals surface area (Å²) in [5.74, 6) is 1.11. The minimum Gasteiger partial charge on any atom is -0.496 e. The van der Waals surface area contributed by atoms with Gasteiger partial charge in [-0.15, -0.1) is 0 Å². The zero-order valence-corrected chi connectivity index (χ0v) is 22.2. The van der Waals surface area contributed by atoms with E-state index in [4.69, 9.17) is 18.7 Å². The number of hydrogen-bond acceptors (Lipinski definition) is 7. The molecule has 35 heavy (non-hydrogen) atoms. The number of sulfonamides is 1. The van der Waals surface area contributed by atoms with Crippen LogP contribution in [0.15, 0.2) is 51.9 Å². The molecule has 0 amide bonds. The highest BCUT2D eigenvalue weighted by Crippen LogP contribution is 2.39. The van der Waals surface area contributed by atoms with Crippen molar-refractivity contribution in [2.75, 3.05) is 25.1 Å². The lowest BCUT2D eigenvalue weighted by Gasteiger charge is -2.29. The summed E-state index contributed by atoms with van der Waals surface area (Å²) in [6.07, 6.45) is -0.363. The molecule has 0 bridgehead atoms. The first-order valence-electron chi connectivity index (χ1n) is 11.5. The highest BCUT2D eigenvalue weighted by Gasteiger charge is 2.38. The number of hydrogen-bond donors (Lipinski definition) is 0. The van der Waals surface area contributed by atoms with Gasteiger partial charge in [-0.2, -0.15) is 4.31 Å². The van der Waals surface area contributed by atoms with Crippen LogP contribution in [0.4, 0.5) is 5.88 Å². The summed E-state index contributed by atoms with van der Waals surface area (Å²) in [7, 11) is -1.28. The fourth-order valence-corrected chi connectivity index (χ4v) is 5.56. The van der Waals surface area contributed by atoms with Crippen LogP contribution >= 0.6 is 0 Å². The lowest BCUT2D eigenvalue weighted by Crippen LogP contribution is -2.43. The average Bonchev–Trinajstić information content (AvgIpc) is 3.15. The topological polar surface area (TPSA) is 91.1 Å². The fourth-order valence-electron chi connectivity index (χ4n) is 3.88. The van der Waals surface area contributed by atoms with E-state index in [9.17, 15) is 8.42 Å². The lowest BCUT2D eigenvalue weighted by atomic mass is 9.98. The molecule has 0 aliphatic rings. The van der Waals surface area contributed by atoms with Gasteiger partial charge in [-0.1, -0.05) is 49.3 Å². The SMILES string of the molecule is CCOC(OC)N(c1onc(C)c1C)S(=O)(=O)c1ccccc1-c1ccc(CC(C)C)cc1OC. The van der Waals surface area contributed by atoms with Crippen molar-refractivity contribution < 1.29 is 27.2 Å². The molecule has 0 saturated carbocycles. The quantitative estimate of drug-likeness (QED) is 0.327. The first-order valence-corrected chi connectivity index (χ1v) is 13.0. The van der Waals surface area contributed by atoms with Crippen molar-refractivity contribution in [1.29, 1.82) is 0 Å². The van der Waals surface area contributed by atoms with E-state index in [-0.39, 0.29) is 17.4 Å². The van der Waals surface area contributed by atoms with E-state index in [1.54, 1.807) is 52.1 Å². The third-order valence-electron chi connectivity index (χ3n) is 5.66. The number of nitrogens with zero attached hydrogens (tertiary/aromatic N) is 2. The third kappa shape index (κ3) is 5.52. The molecule has 0 N–H and O–H groups in total. The van der Waals surface area contributed by atoms with E-state index < -0.39 is 16.4 Å². The number of rotatable bonds is 11. The number of benzene rings is 2. The number of aromatic nitrogens is 1. The van der Waals surface area contributed by atoms with Gasteiger partial charge in [0.1, 0.15) is 5.75 Å². The van der Waals surface area contributed by atoms with Gasteiger partial charge in [-0.3, -0.25) is 0 Å². The van der Waals surface area contributed by atoms with Crippen LogP contribution in [0.1, 0.15) is 37.6 Å². The van der Waals surface area contributed by atoms with Gasteiger partial charge in [0.15, 0.2) is 0 Å². The number of anilines is 1. The van der Waals surface area contributed by atoms with Gasteiger partial charge in [0.2, 0.25) is 5.88 Å². The normalized spacial score (nSPS) is 12.7. The smallest absolute Gasteiger partial charge is 0.271 e. The molecule has 1 atom stereocenters. The van der Waals surface area contributed by atoms with Gasteiger partial charge in [0.25, 0.3) is 16.4 Å². The van der Waals surface area contributed by atoms with Gasteiger partial charge in [0, 0.05) is 30.4 Å². The fraction of sp³-hybridized carbons (Fsp3) is 0.423. The molecule has 0 aliphatic carbocycles. The second kappa shape index (κ2) is 11.2. The van der Waals surface area contributed by atoms with Gasteiger partial charge in [-0.25, -0.2) is 8.42 Å². The Morgan fingerprint density at radius 2 is 1.77 bits per heavy atom. The Morgan fingerprint density at radius 1 is 1.06 bits per heavy atom. The van der Waals surface area contributed by atoms with Crippen molar-refractivity contribution >= 4 is 15.9 Å². The van der Waals surface area contributed by atoms with Crippen molar-refractivity contribution in [2.24, 2.45) is 5.92 Å². The molecule has 3 rings (SSSR count). The van der Waals surface area contributed by atoms with Crippen LogP contribution in [0, 0.1) is 19.8 Å². The molecule has 190 valence electrons. The highest BCUT2D eigenvalue weighted by atomic mass is 32.2. The van der Waals surface area contributed by atoms with Crippen LogP contribution in [0.5, 0.6) is 5.75 Å². The predicted molar refractivity (Wildman–Crippen MR) is 135 cm³/mol. The summed E-state index contributed by atoms with van der Waals surface area (Å²) in [5, 5.41) is 3.95. The monoisotopic (exact) mass is 502 g/mol. The predicted octanol–water partition coefficient (Wildman–Crippen LogP) is 5.33. The number of methoxy groups -OCH3 is 2. The molecule has 1 unspecified atom stereocenters. The first-order chi connectivity index (χ1) is 16.6. The maximum absolute atomic E-state index is 14.2. The Bertz CT molecular complexity index is 1250. The third-order valence-corrected chi connectivity index (χ3v) is 7.43. The second-order valence-electron chi connectivity index (χ2n) is 8.63. The van der Waals surface area contributed by atoms with E-state index in [1.807, 2.05) is 18.2 Å². The van der Waals surface area contributed by atoms with E-state index in [1.165, 1.54) is 7.11 Å². The van der Waals surface area contributed by atoms with E-state index in [0.29, 0.717) is 34.1 Å². The molecular formula is C26H34N2O6S. The Labute approximate surface area is 207 Å². The Kier molecular flexibility index (Phi) is 8.58. The van der Waals surface area contributed by atoms with Crippen LogP contribution in [0.25, 0.3) is 11.1 Å². The molecule has 3 aromatic rings. The summed E-state index contributed by atoms with van der Waals surface area (Å²) in [6, 6.07) is 12.6. The van der Waals surface area contributed by atoms with Crippen molar-refractivity contribution in [1.82, 2.24) is 5.16 Å². The summed E-state index contributed by atoms with van der Waals surface area (Å²) >= 11 is 0. The average molecular weight is 503 g/mol. The Hall–Kier alpha value is -2.88. The zero-order valence-electron chi connectivity index (χ0n) is 21.4. The molecule has 0 aliphatic heterocycles. The molecule has 9 heteroatoms. The molecular weight excluding hydrogens is 468 g/mol. The van der Waals surface area contributed by atoms with Crippen LogP contribution in [0.3, 0.4) is 0 Å². The van der Waals surface area contributed by atoms with Crippen LogP contribution < -0.4 is 9.04 Å². The highest BCUT2D eigenvalue weighted by molar-refractivity contribution is 7.93. The molecule has 0 radical (unpaired) electrons. The molecule has 0 saturated heterocycles. The summed E-state index contributed by atoms with van der Waals surface area (Å²) in [4.78, 5) is 0.0603. The summed E-state index contributed by atoms with van der Waals surface area (Å²) in [6.45, 7) is 9.76. The molecule has 1 heterocycles. The standard InChI is InChI=1S/C26H34N2O6S/c1-8-33-26(32-7)28(25-18(4)19(5)27-34-25)35(29,30)24-12-10-9-11-22(24)21-14-13-20(15-17(2)3)16-23(21)31-6/h9-14,16-17,26H,8,15H2,1-7H3. The second-order valence-corrected chi connectivity index (χ2v) is 10.4. The lowest BCUT2D eigenvalue weighted by molar-refractivity contribution is -0.112. The maximum atomic E-state index is 14.2. The van der Waals surface area contributed by atoms with Crippen LogP contribution in [-0.4, -0.2) is 40.8 Å². The van der Waals surface area contributed by atoms with Crippen molar-refractivity contribution in [2.45, 2.75) is 52.3 Å². The van der Waals surface area contributed by atoms with Crippen LogP contribution in [0.2, 0.25) is 0 Å². The van der Waals surface area contributed by atoms with Crippen molar-refractivity contribution in [3.63, 3.8) is 0 Å². The molecule has 2 aromatic carbocycles. The minimum absolute atomic E-state index is 0.0387. The van der Waals surface area contributed by atoms with Gasteiger partial charge < -0.3 is 18.7 Å². The molecule has 8 nitrogen and oxygen atoms in total.